The summed E-state index contributed by atoms with van der Waals surface area (Å²) in [5.41, 5.74) is 0.944. The van der Waals surface area contributed by atoms with Crippen molar-refractivity contribution in [2.45, 2.75) is 44.6 Å². The number of halogens is 1. The van der Waals surface area contributed by atoms with E-state index in [1.54, 1.807) is 0 Å². The summed E-state index contributed by atoms with van der Waals surface area (Å²) < 4.78 is 1.10. The maximum Gasteiger partial charge on any atom is 0.279 e. The molecule has 1 aliphatic heterocycles. The van der Waals surface area contributed by atoms with E-state index < -0.39 is 0 Å². The van der Waals surface area contributed by atoms with Crippen LogP contribution in [0.4, 0.5) is 5.69 Å². The highest BCUT2D eigenvalue weighted by Crippen LogP contribution is 2.28. The van der Waals surface area contributed by atoms with Gasteiger partial charge in [0.15, 0.2) is 6.54 Å². The van der Waals surface area contributed by atoms with Gasteiger partial charge in [-0.1, -0.05) is 18.6 Å². The van der Waals surface area contributed by atoms with Crippen LogP contribution in [-0.2, 0) is 4.79 Å². The predicted molar refractivity (Wildman–Crippen MR) is 93.5 cm³/mol. The fourth-order valence-electron chi connectivity index (χ4n) is 4.05. The number of para-hydroxylation sites is 1. The summed E-state index contributed by atoms with van der Waals surface area (Å²) in [5, 5.41) is 3.09. The molecule has 1 amide bonds. The van der Waals surface area contributed by atoms with Gasteiger partial charge in [0.2, 0.25) is 0 Å². The van der Waals surface area contributed by atoms with Crippen LogP contribution in [0.25, 0.3) is 0 Å². The number of hydrogen-bond acceptors (Lipinski definition) is 1. The first-order valence-corrected chi connectivity index (χ1v) is 9.21. The Morgan fingerprint density at radius 3 is 2.81 bits per heavy atom. The number of likely N-dealkylation sites (tertiary alicyclic amines) is 1. The quantitative estimate of drug-likeness (QED) is 0.753. The minimum absolute atomic E-state index is 0.167. The standard InChI is InChI=1S/C17H23IN2O/c18-14-8-2-3-9-15(14)19-17(21)12-20-11-5-7-13-6-1-4-10-16(13)20/h2-3,8-9,13,16H,1,4-7,10-12H2,(H,19,21)/p+1/t13-,16+/m1/s1. The van der Waals surface area contributed by atoms with E-state index in [0.29, 0.717) is 6.54 Å². The summed E-state index contributed by atoms with van der Waals surface area (Å²) in [4.78, 5) is 13.9. The summed E-state index contributed by atoms with van der Waals surface area (Å²) in [5.74, 6) is 1.03. The summed E-state index contributed by atoms with van der Waals surface area (Å²) in [7, 11) is 0. The van der Waals surface area contributed by atoms with Gasteiger partial charge < -0.3 is 10.2 Å². The van der Waals surface area contributed by atoms with Gasteiger partial charge >= 0.3 is 0 Å². The molecule has 3 atom stereocenters. The van der Waals surface area contributed by atoms with E-state index in [9.17, 15) is 4.79 Å². The Morgan fingerprint density at radius 1 is 1.19 bits per heavy atom. The molecule has 0 bridgehead atoms. The number of rotatable bonds is 3. The van der Waals surface area contributed by atoms with E-state index in [4.69, 9.17) is 0 Å². The van der Waals surface area contributed by atoms with E-state index in [1.807, 2.05) is 24.3 Å². The molecule has 0 radical (unpaired) electrons. The maximum absolute atomic E-state index is 12.4. The summed E-state index contributed by atoms with van der Waals surface area (Å²) in [6.45, 7) is 1.80. The van der Waals surface area contributed by atoms with Crippen molar-refractivity contribution in [3.8, 4) is 0 Å². The minimum Gasteiger partial charge on any atom is -0.324 e. The largest absolute Gasteiger partial charge is 0.324 e. The van der Waals surface area contributed by atoms with E-state index >= 15 is 0 Å². The molecule has 2 N–H and O–H groups in total. The number of amides is 1. The molecule has 1 unspecified atom stereocenters. The number of nitrogens with one attached hydrogen (secondary N) is 2. The van der Waals surface area contributed by atoms with E-state index in [1.165, 1.54) is 50.0 Å². The third-order valence-corrected chi connectivity index (χ3v) is 5.98. The molecule has 1 saturated heterocycles. The Hall–Kier alpha value is -0.620. The first-order chi connectivity index (χ1) is 10.2. The van der Waals surface area contributed by atoms with Crippen molar-refractivity contribution in [1.29, 1.82) is 0 Å². The lowest BCUT2D eigenvalue weighted by Crippen LogP contribution is -3.18. The van der Waals surface area contributed by atoms with Crippen LogP contribution >= 0.6 is 22.6 Å². The predicted octanol–water partition coefficient (Wildman–Crippen LogP) is 2.47. The Labute approximate surface area is 140 Å². The molecule has 1 aromatic rings. The Kier molecular flexibility index (Phi) is 5.16. The van der Waals surface area contributed by atoms with Crippen molar-refractivity contribution in [3.05, 3.63) is 27.8 Å². The highest BCUT2D eigenvalue weighted by molar-refractivity contribution is 14.1. The first-order valence-electron chi connectivity index (χ1n) is 8.13. The van der Waals surface area contributed by atoms with Crippen molar-refractivity contribution in [1.82, 2.24) is 0 Å². The summed E-state index contributed by atoms with van der Waals surface area (Å²) in [6, 6.07) is 8.71. The molecule has 3 nitrogen and oxygen atoms in total. The van der Waals surface area contributed by atoms with Crippen LogP contribution in [0.15, 0.2) is 24.3 Å². The van der Waals surface area contributed by atoms with E-state index in [2.05, 4.69) is 27.9 Å². The van der Waals surface area contributed by atoms with Gasteiger partial charge in [-0.15, -0.1) is 0 Å². The number of carbonyl (C=O) groups is 1. The van der Waals surface area contributed by atoms with Crippen LogP contribution < -0.4 is 10.2 Å². The zero-order chi connectivity index (χ0) is 14.7. The third kappa shape index (κ3) is 3.77. The molecule has 1 aromatic carbocycles. The average molecular weight is 399 g/mol. The lowest BCUT2D eigenvalue weighted by molar-refractivity contribution is -0.928. The number of hydrogen-bond donors (Lipinski definition) is 2. The lowest BCUT2D eigenvalue weighted by Gasteiger charge is -2.40. The molecular weight excluding hydrogens is 375 g/mol. The Bertz CT molecular complexity index is 503. The second-order valence-corrected chi connectivity index (χ2v) is 7.57. The molecule has 4 heteroatoms. The molecular formula is C17H24IN2O+. The van der Waals surface area contributed by atoms with Crippen molar-refractivity contribution in [2.75, 3.05) is 18.4 Å². The van der Waals surface area contributed by atoms with Gasteiger partial charge in [0.05, 0.1) is 18.3 Å². The molecule has 21 heavy (non-hydrogen) atoms. The molecule has 1 saturated carbocycles. The van der Waals surface area contributed by atoms with Gasteiger partial charge in [0, 0.05) is 9.49 Å². The van der Waals surface area contributed by atoms with Crippen LogP contribution in [-0.4, -0.2) is 25.0 Å². The first kappa shape index (κ1) is 15.3. The van der Waals surface area contributed by atoms with Crippen molar-refractivity contribution in [3.63, 3.8) is 0 Å². The molecule has 114 valence electrons. The Morgan fingerprint density at radius 2 is 1.95 bits per heavy atom. The number of fused-ring (bicyclic) bond motifs is 1. The smallest absolute Gasteiger partial charge is 0.279 e. The average Bonchev–Trinajstić information content (AvgIpc) is 2.50. The van der Waals surface area contributed by atoms with Gasteiger partial charge in [-0.25, -0.2) is 0 Å². The van der Waals surface area contributed by atoms with Crippen LogP contribution in [0.5, 0.6) is 0 Å². The van der Waals surface area contributed by atoms with Crippen LogP contribution in [0.1, 0.15) is 38.5 Å². The van der Waals surface area contributed by atoms with Gasteiger partial charge in [0.1, 0.15) is 0 Å². The third-order valence-electron chi connectivity index (χ3n) is 5.04. The van der Waals surface area contributed by atoms with Crippen molar-refractivity contribution < 1.29 is 9.69 Å². The molecule has 0 spiro atoms. The van der Waals surface area contributed by atoms with Crippen LogP contribution in [0.2, 0.25) is 0 Å². The summed E-state index contributed by atoms with van der Waals surface area (Å²) in [6.07, 6.45) is 8.10. The second-order valence-electron chi connectivity index (χ2n) is 6.41. The maximum atomic E-state index is 12.4. The second kappa shape index (κ2) is 7.09. The topological polar surface area (TPSA) is 33.5 Å². The van der Waals surface area contributed by atoms with Crippen LogP contribution in [0.3, 0.4) is 0 Å². The normalized spacial score (nSPS) is 28.7. The number of piperidine rings is 1. The molecule has 0 aromatic heterocycles. The highest BCUT2D eigenvalue weighted by Gasteiger charge is 2.37. The Balaban J connectivity index is 1.60. The van der Waals surface area contributed by atoms with Gasteiger partial charge in [-0.2, -0.15) is 0 Å². The van der Waals surface area contributed by atoms with Gasteiger partial charge in [-0.05, 0) is 66.8 Å². The molecule has 1 heterocycles. The molecule has 3 rings (SSSR count). The number of anilines is 1. The molecule has 1 aliphatic carbocycles. The monoisotopic (exact) mass is 399 g/mol. The number of benzene rings is 1. The number of carbonyl (C=O) groups excluding carboxylic acids is 1. The number of quaternary nitrogens is 1. The van der Waals surface area contributed by atoms with E-state index in [-0.39, 0.29) is 5.91 Å². The fraction of sp³-hybridized carbons (Fsp3) is 0.588. The zero-order valence-corrected chi connectivity index (χ0v) is 14.6. The minimum atomic E-state index is 0.167. The van der Waals surface area contributed by atoms with Gasteiger partial charge in [-0.3, -0.25) is 4.79 Å². The molecule has 2 aliphatic rings. The van der Waals surface area contributed by atoms with Crippen molar-refractivity contribution in [2.24, 2.45) is 5.92 Å². The highest BCUT2D eigenvalue weighted by atomic mass is 127. The lowest BCUT2D eigenvalue weighted by atomic mass is 9.78. The summed E-state index contributed by atoms with van der Waals surface area (Å²) >= 11 is 2.27. The zero-order valence-electron chi connectivity index (χ0n) is 12.4. The van der Waals surface area contributed by atoms with Crippen molar-refractivity contribution >= 4 is 34.2 Å². The van der Waals surface area contributed by atoms with Crippen LogP contribution in [0, 0.1) is 9.49 Å². The SMILES string of the molecule is O=C(C[NH+]1CCC[C@H]2CCCC[C@@H]21)Nc1ccccc1I. The molecule has 2 fully saturated rings. The fourth-order valence-corrected chi connectivity index (χ4v) is 4.57. The van der Waals surface area contributed by atoms with E-state index in [0.717, 1.165) is 21.2 Å². The van der Waals surface area contributed by atoms with Gasteiger partial charge in [0.25, 0.3) is 5.91 Å².